The minimum absolute atomic E-state index is 0.435. The maximum atomic E-state index is 10.8. The topological polar surface area (TPSA) is 130 Å². The Kier molecular flexibility index (Phi) is 10.8. The van der Waals surface area contributed by atoms with Crippen molar-refractivity contribution >= 4 is 21.8 Å². The maximum absolute atomic E-state index is 10.8. The Hall–Kier alpha value is -10.2. The summed E-state index contributed by atoms with van der Waals surface area (Å²) in [7, 11) is 0. The number of hydrogen-bond acceptors (Lipinski definition) is 8. The molecule has 9 aromatic carbocycles. The van der Waals surface area contributed by atoms with Crippen molar-refractivity contribution in [3.63, 3.8) is 0 Å². The van der Waals surface area contributed by atoms with E-state index >= 15 is 0 Å². The molecule has 0 fully saturated rings. The van der Waals surface area contributed by atoms with Gasteiger partial charge in [-0.2, -0.15) is 10.5 Å². The molecule has 9 heteroatoms. The second kappa shape index (κ2) is 18.1. The van der Waals surface area contributed by atoms with Gasteiger partial charge in [0.25, 0.3) is 0 Å². The third-order valence-electron chi connectivity index (χ3n) is 12.6. The predicted molar refractivity (Wildman–Crippen MR) is 280 cm³/mol. The van der Waals surface area contributed by atoms with E-state index in [1.165, 1.54) is 0 Å². The quantitative estimate of drug-likeness (QED) is 0.140. The summed E-state index contributed by atoms with van der Waals surface area (Å²) in [6.45, 7) is 0. The van der Waals surface area contributed by atoms with Gasteiger partial charge in [-0.3, -0.25) is 0 Å². The van der Waals surface area contributed by atoms with Crippen molar-refractivity contribution in [1.29, 1.82) is 10.5 Å². The highest BCUT2D eigenvalue weighted by molar-refractivity contribution is 6.12. The van der Waals surface area contributed by atoms with Gasteiger partial charge in [0.1, 0.15) is 0 Å². The summed E-state index contributed by atoms with van der Waals surface area (Å²) in [5.74, 6) is 3.14. The first kappa shape index (κ1) is 42.2. The lowest BCUT2D eigenvalue weighted by Gasteiger charge is -2.22. The molecule has 3 heterocycles. The molecule has 0 amide bonds. The first-order chi connectivity index (χ1) is 35.1. The molecule has 9 nitrogen and oxygen atoms in total. The van der Waals surface area contributed by atoms with Crippen molar-refractivity contribution in [3.8, 4) is 108 Å². The SMILES string of the molecule is N#Cc1ccccc1-c1cc(-c2nc(-c3ccccc3)nc(-c3ccccc3)n2)cc(-c2ccccc2C#N)c1-n1c2ccccc2c2cc(-c3nc(-c4ccccc4)nc(-c4ccccc4)n3)ccc21. The van der Waals surface area contributed by atoms with E-state index in [1.54, 1.807) is 0 Å². The molecule has 0 radical (unpaired) electrons. The number of benzene rings is 9. The maximum Gasteiger partial charge on any atom is 0.164 e. The summed E-state index contributed by atoms with van der Waals surface area (Å²) in [6, 6.07) is 78.6. The molecule has 0 saturated carbocycles. The zero-order chi connectivity index (χ0) is 47.7. The van der Waals surface area contributed by atoms with E-state index < -0.39 is 0 Å². The molecular formula is C62H37N9. The van der Waals surface area contributed by atoms with Crippen LogP contribution in [0.4, 0.5) is 0 Å². The van der Waals surface area contributed by atoms with Crippen LogP contribution in [-0.4, -0.2) is 34.5 Å². The third kappa shape index (κ3) is 7.82. The fraction of sp³-hybridized carbons (Fsp3) is 0. The highest BCUT2D eigenvalue weighted by Gasteiger charge is 2.26. The van der Waals surface area contributed by atoms with Crippen LogP contribution in [0.5, 0.6) is 0 Å². The van der Waals surface area contributed by atoms with Crippen LogP contribution in [0, 0.1) is 22.7 Å². The molecule has 12 rings (SSSR count). The van der Waals surface area contributed by atoms with Crippen molar-refractivity contribution in [2.24, 2.45) is 0 Å². The second-order valence-corrected chi connectivity index (χ2v) is 16.9. The third-order valence-corrected chi connectivity index (χ3v) is 12.6. The smallest absolute Gasteiger partial charge is 0.164 e. The Morgan fingerprint density at radius 2 is 0.634 bits per heavy atom. The molecule has 3 aromatic heterocycles. The molecule has 0 aliphatic carbocycles. The van der Waals surface area contributed by atoms with Crippen LogP contribution < -0.4 is 0 Å². The van der Waals surface area contributed by atoms with Crippen molar-refractivity contribution in [3.05, 3.63) is 236 Å². The van der Waals surface area contributed by atoms with Gasteiger partial charge < -0.3 is 4.57 Å². The van der Waals surface area contributed by atoms with E-state index in [1.807, 2.05) is 182 Å². The number of rotatable bonds is 9. The lowest BCUT2D eigenvalue weighted by Crippen LogP contribution is -2.05. The number of fused-ring (bicyclic) bond motifs is 3. The van der Waals surface area contributed by atoms with Crippen molar-refractivity contribution in [2.45, 2.75) is 0 Å². The zero-order valence-electron chi connectivity index (χ0n) is 37.9. The Bertz CT molecular complexity index is 3870. The zero-order valence-corrected chi connectivity index (χ0v) is 37.9. The minimum atomic E-state index is 0.435. The lowest BCUT2D eigenvalue weighted by molar-refractivity contribution is 1.07. The predicted octanol–water partition coefficient (Wildman–Crippen LogP) is 14.2. The molecule has 0 aliphatic rings. The van der Waals surface area contributed by atoms with Crippen molar-refractivity contribution < 1.29 is 0 Å². The molecule has 0 spiro atoms. The van der Waals surface area contributed by atoms with Crippen LogP contribution in [0.15, 0.2) is 224 Å². The van der Waals surface area contributed by atoms with Crippen molar-refractivity contribution in [1.82, 2.24) is 34.5 Å². The van der Waals surface area contributed by atoms with E-state index in [4.69, 9.17) is 29.9 Å². The molecule has 0 N–H and O–H groups in total. The minimum Gasteiger partial charge on any atom is -0.308 e. The van der Waals surface area contributed by atoms with Crippen LogP contribution in [0.25, 0.3) is 118 Å². The average Bonchev–Trinajstić information content (AvgIpc) is 3.78. The molecule has 0 atom stereocenters. The lowest BCUT2D eigenvalue weighted by atomic mass is 9.89. The van der Waals surface area contributed by atoms with E-state index in [-0.39, 0.29) is 0 Å². The highest BCUT2D eigenvalue weighted by atomic mass is 15.0. The highest BCUT2D eigenvalue weighted by Crippen LogP contribution is 2.45. The average molecular weight is 908 g/mol. The van der Waals surface area contributed by atoms with Crippen LogP contribution in [0.2, 0.25) is 0 Å². The van der Waals surface area contributed by atoms with Gasteiger partial charge in [-0.1, -0.05) is 176 Å². The van der Waals surface area contributed by atoms with Crippen LogP contribution in [0.1, 0.15) is 11.1 Å². The Morgan fingerprint density at radius 1 is 0.282 bits per heavy atom. The molecule has 12 aromatic rings. The number of aromatic nitrogens is 7. The van der Waals surface area contributed by atoms with Gasteiger partial charge in [0.15, 0.2) is 34.9 Å². The summed E-state index contributed by atoms with van der Waals surface area (Å²) in [4.78, 5) is 30.4. The summed E-state index contributed by atoms with van der Waals surface area (Å²) in [5, 5.41) is 23.5. The van der Waals surface area contributed by atoms with Gasteiger partial charge in [0.2, 0.25) is 0 Å². The monoisotopic (exact) mass is 907 g/mol. The standard InChI is InChI=1S/C62H37N9/c63-38-45-27-13-15-29-48(45)52-36-47(62-69-59(42-23-9-3-10-24-42)66-60(70-62)43-25-11-4-12-26-43)37-53(49-30-16-14-28-46(49)39-64)56(52)71-54-32-18-17-31-50(54)51-35-44(33-34-55(51)71)61-67-57(40-19-5-1-6-20-40)65-58(68-61)41-21-7-2-8-22-41/h1-37H. The van der Waals surface area contributed by atoms with Gasteiger partial charge in [0, 0.05) is 66.4 Å². The summed E-state index contributed by atoms with van der Waals surface area (Å²) >= 11 is 0. The van der Waals surface area contributed by atoms with Crippen LogP contribution >= 0.6 is 0 Å². The van der Waals surface area contributed by atoms with Gasteiger partial charge in [-0.25, -0.2) is 29.9 Å². The van der Waals surface area contributed by atoms with Crippen LogP contribution in [0.3, 0.4) is 0 Å². The first-order valence-corrected chi connectivity index (χ1v) is 23.1. The molecule has 71 heavy (non-hydrogen) atoms. The molecule has 0 aliphatic heterocycles. The van der Waals surface area contributed by atoms with Gasteiger partial charge in [0.05, 0.1) is 40.0 Å². The summed E-state index contributed by atoms with van der Waals surface area (Å²) in [5.41, 5.74) is 11.4. The number of hydrogen-bond donors (Lipinski definition) is 0. The molecule has 0 saturated heterocycles. The van der Waals surface area contributed by atoms with Gasteiger partial charge >= 0.3 is 0 Å². The van der Waals surface area contributed by atoms with Crippen molar-refractivity contribution in [2.75, 3.05) is 0 Å². The Labute approximate surface area is 409 Å². The number of nitrogens with zero attached hydrogens (tertiary/aromatic N) is 9. The Balaban J connectivity index is 1.16. The molecule has 330 valence electrons. The second-order valence-electron chi connectivity index (χ2n) is 16.9. The fourth-order valence-electron chi connectivity index (χ4n) is 9.27. The molecule has 0 bridgehead atoms. The summed E-state index contributed by atoms with van der Waals surface area (Å²) in [6.07, 6.45) is 0. The largest absolute Gasteiger partial charge is 0.308 e. The normalized spacial score (nSPS) is 11.1. The Morgan fingerprint density at radius 3 is 1.07 bits per heavy atom. The van der Waals surface area contributed by atoms with Gasteiger partial charge in [-0.15, -0.1) is 0 Å². The van der Waals surface area contributed by atoms with Crippen LogP contribution in [-0.2, 0) is 0 Å². The van der Waals surface area contributed by atoms with Gasteiger partial charge in [-0.05, 0) is 48.5 Å². The van der Waals surface area contributed by atoms with E-state index in [9.17, 15) is 10.5 Å². The number of para-hydroxylation sites is 1. The summed E-state index contributed by atoms with van der Waals surface area (Å²) < 4.78 is 2.25. The first-order valence-electron chi connectivity index (χ1n) is 23.1. The van der Waals surface area contributed by atoms with E-state index in [0.717, 1.165) is 66.4 Å². The van der Waals surface area contributed by atoms with E-state index in [0.29, 0.717) is 62.8 Å². The molecule has 0 unspecified atom stereocenters. The van der Waals surface area contributed by atoms with E-state index in [2.05, 4.69) is 59.2 Å². The fourth-order valence-corrected chi connectivity index (χ4v) is 9.27. The molecular weight excluding hydrogens is 871 g/mol. The number of nitriles is 2.